The third-order valence-corrected chi connectivity index (χ3v) is 5.97. The van der Waals surface area contributed by atoms with Crippen molar-refractivity contribution < 1.29 is 4.79 Å². The molecule has 1 aliphatic heterocycles. The van der Waals surface area contributed by atoms with Gasteiger partial charge in [-0.3, -0.25) is 9.48 Å². The Morgan fingerprint density at radius 1 is 1.41 bits per heavy atom. The Morgan fingerprint density at radius 2 is 2.32 bits per heavy atom. The van der Waals surface area contributed by atoms with Gasteiger partial charge in [-0.15, -0.1) is 11.3 Å². The molecule has 0 spiro atoms. The number of likely N-dealkylation sites (tertiary alicyclic amines) is 1. The number of carbonyl (C=O) groups excluding carboxylic acids is 1. The summed E-state index contributed by atoms with van der Waals surface area (Å²) in [5.74, 6) is 1.04. The normalized spacial score (nSPS) is 27.9. The van der Waals surface area contributed by atoms with E-state index in [2.05, 4.69) is 29.1 Å². The number of amides is 1. The van der Waals surface area contributed by atoms with Crippen molar-refractivity contribution in [2.75, 3.05) is 13.1 Å². The molecule has 0 N–H and O–H groups in total. The van der Waals surface area contributed by atoms with Crippen LogP contribution in [0.2, 0.25) is 0 Å². The fourth-order valence-corrected chi connectivity index (χ4v) is 4.59. The van der Waals surface area contributed by atoms with Gasteiger partial charge in [-0.25, -0.2) is 0 Å². The Kier molecular flexibility index (Phi) is 3.53. The zero-order valence-electron chi connectivity index (χ0n) is 12.8. The van der Waals surface area contributed by atoms with Gasteiger partial charge in [-0.1, -0.05) is 0 Å². The maximum atomic E-state index is 12.8. The van der Waals surface area contributed by atoms with E-state index in [1.54, 1.807) is 0 Å². The molecule has 2 fully saturated rings. The van der Waals surface area contributed by atoms with E-state index in [9.17, 15) is 4.79 Å². The first-order chi connectivity index (χ1) is 10.7. The first-order valence-corrected chi connectivity index (χ1v) is 8.88. The van der Waals surface area contributed by atoms with Gasteiger partial charge in [0.1, 0.15) is 0 Å². The molecule has 1 saturated heterocycles. The topological polar surface area (TPSA) is 38.1 Å². The number of carbonyl (C=O) groups is 1. The van der Waals surface area contributed by atoms with Crippen molar-refractivity contribution in [3.63, 3.8) is 0 Å². The van der Waals surface area contributed by atoms with Crippen LogP contribution in [0.5, 0.6) is 0 Å². The second kappa shape index (κ2) is 5.54. The van der Waals surface area contributed by atoms with Crippen LogP contribution in [0, 0.1) is 12.8 Å². The lowest BCUT2D eigenvalue weighted by Crippen LogP contribution is -2.41. The molecular formula is C17H21N3OS. The van der Waals surface area contributed by atoms with E-state index in [1.807, 2.05) is 34.5 Å². The molecule has 5 heteroatoms. The van der Waals surface area contributed by atoms with Crippen molar-refractivity contribution in [3.8, 4) is 0 Å². The summed E-state index contributed by atoms with van der Waals surface area (Å²) in [6, 6.07) is 6.65. The van der Waals surface area contributed by atoms with Gasteiger partial charge < -0.3 is 4.90 Å². The molecule has 3 heterocycles. The van der Waals surface area contributed by atoms with E-state index >= 15 is 0 Å². The minimum absolute atomic E-state index is 0.217. The first kappa shape index (κ1) is 14.0. The van der Waals surface area contributed by atoms with Crippen LogP contribution in [0.25, 0.3) is 0 Å². The molecule has 1 amide bonds. The van der Waals surface area contributed by atoms with Crippen molar-refractivity contribution in [2.45, 2.75) is 38.1 Å². The summed E-state index contributed by atoms with van der Waals surface area (Å²) in [4.78, 5) is 17.6. The fourth-order valence-electron chi connectivity index (χ4n) is 3.54. The van der Waals surface area contributed by atoms with E-state index in [1.165, 1.54) is 9.75 Å². The number of aromatic nitrogens is 2. The molecule has 4 rings (SSSR count). The zero-order valence-corrected chi connectivity index (χ0v) is 13.6. The van der Waals surface area contributed by atoms with Gasteiger partial charge in [0.15, 0.2) is 0 Å². The molecule has 0 radical (unpaired) electrons. The SMILES string of the molecule is Cc1ccc([C@@H]2C[C@@H]2C(=O)N2CCC[C@H](n3cccn3)C2)s1. The third-order valence-electron chi connectivity index (χ3n) is 4.84. The molecule has 1 aliphatic carbocycles. The molecule has 0 aromatic carbocycles. The number of rotatable bonds is 3. The second-order valence-electron chi connectivity index (χ2n) is 6.46. The highest BCUT2D eigenvalue weighted by atomic mass is 32.1. The minimum Gasteiger partial charge on any atom is -0.340 e. The van der Waals surface area contributed by atoms with Gasteiger partial charge in [0.2, 0.25) is 5.91 Å². The molecular weight excluding hydrogens is 294 g/mol. The quantitative estimate of drug-likeness (QED) is 0.872. The van der Waals surface area contributed by atoms with Crippen LogP contribution in [-0.2, 0) is 4.79 Å². The molecule has 2 aromatic heterocycles. The summed E-state index contributed by atoms with van der Waals surface area (Å²) in [6.45, 7) is 3.85. The van der Waals surface area contributed by atoms with Crippen molar-refractivity contribution >= 4 is 17.2 Å². The summed E-state index contributed by atoms with van der Waals surface area (Å²) in [6.07, 6.45) is 7.04. The number of piperidine rings is 1. The lowest BCUT2D eigenvalue weighted by Gasteiger charge is -2.33. The average molecular weight is 315 g/mol. The van der Waals surface area contributed by atoms with E-state index < -0.39 is 0 Å². The van der Waals surface area contributed by atoms with Crippen molar-refractivity contribution in [1.82, 2.24) is 14.7 Å². The van der Waals surface area contributed by atoms with Crippen LogP contribution in [-0.4, -0.2) is 33.7 Å². The molecule has 2 aromatic rings. The van der Waals surface area contributed by atoms with E-state index in [0.717, 1.165) is 32.4 Å². The average Bonchev–Trinajstić information content (AvgIpc) is 2.95. The van der Waals surface area contributed by atoms with Crippen molar-refractivity contribution in [3.05, 3.63) is 40.3 Å². The van der Waals surface area contributed by atoms with Crippen LogP contribution in [0.1, 0.15) is 41.0 Å². The number of thiophene rings is 1. The number of nitrogens with zero attached hydrogens (tertiary/aromatic N) is 3. The lowest BCUT2D eigenvalue weighted by atomic mass is 10.1. The molecule has 1 saturated carbocycles. The predicted molar refractivity (Wildman–Crippen MR) is 87.0 cm³/mol. The largest absolute Gasteiger partial charge is 0.340 e. The monoisotopic (exact) mass is 315 g/mol. The first-order valence-electron chi connectivity index (χ1n) is 8.06. The van der Waals surface area contributed by atoms with Gasteiger partial charge in [0.25, 0.3) is 0 Å². The maximum Gasteiger partial charge on any atom is 0.226 e. The minimum atomic E-state index is 0.217. The second-order valence-corrected chi connectivity index (χ2v) is 7.78. The molecule has 116 valence electrons. The Morgan fingerprint density at radius 3 is 3.05 bits per heavy atom. The predicted octanol–water partition coefficient (Wildman–Crippen LogP) is 3.22. The van der Waals surface area contributed by atoms with Gasteiger partial charge in [0.05, 0.1) is 6.04 Å². The molecule has 2 aliphatic rings. The molecule has 22 heavy (non-hydrogen) atoms. The number of hydrogen-bond acceptors (Lipinski definition) is 3. The molecule has 4 nitrogen and oxygen atoms in total. The summed E-state index contributed by atoms with van der Waals surface area (Å²) < 4.78 is 2.01. The Bertz CT molecular complexity index is 663. The van der Waals surface area contributed by atoms with Crippen LogP contribution in [0.4, 0.5) is 0 Å². The summed E-state index contributed by atoms with van der Waals surface area (Å²) >= 11 is 1.84. The summed E-state index contributed by atoms with van der Waals surface area (Å²) in [5.41, 5.74) is 0. The van der Waals surface area contributed by atoms with Gasteiger partial charge >= 0.3 is 0 Å². The van der Waals surface area contributed by atoms with E-state index in [0.29, 0.717) is 17.9 Å². The van der Waals surface area contributed by atoms with Crippen LogP contribution in [0.15, 0.2) is 30.6 Å². The molecule has 0 bridgehead atoms. The fraction of sp³-hybridized carbons (Fsp3) is 0.529. The van der Waals surface area contributed by atoms with Gasteiger partial charge in [0, 0.05) is 47.1 Å². The van der Waals surface area contributed by atoms with E-state index in [-0.39, 0.29) is 5.92 Å². The standard InChI is InChI=1S/C17H21N3OS/c1-12-5-6-16(22-12)14-10-15(14)17(21)19-8-2-4-13(11-19)20-9-3-7-18-20/h3,5-7,9,13-15H,2,4,8,10-11H2,1H3/t13-,14+,15-/m0/s1. The Hall–Kier alpha value is -1.62. The highest BCUT2D eigenvalue weighted by Gasteiger charge is 2.47. The number of hydrogen-bond donors (Lipinski definition) is 0. The Labute approximate surface area is 134 Å². The summed E-state index contributed by atoms with van der Waals surface area (Å²) in [5, 5.41) is 4.34. The molecule has 0 unspecified atom stereocenters. The van der Waals surface area contributed by atoms with Gasteiger partial charge in [-0.05, 0) is 44.4 Å². The zero-order chi connectivity index (χ0) is 15.1. The third kappa shape index (κ3) is 2.58. The highest BCUT2D eigenvalue weighted by molar-refractivity contribution is 7.12. The van der Waals surface area contributed by atoms with Crippen LogP contribution >= 0.6 is 11.3 Å². The van der Waals surface area contributed by atoms with Gasteiger partial charge in [-0.2, -0.15) is 5.10 Å². The maximum absolute atomic E-state index is 12.8. The van der Waals surface area contributed by atoms with Crippen LogP contribution in [0.3, 0.4) is 0 Å². The van der Waals surface area contributed by atoms with Crippen LogP contribution < -0.4 is 0 Å². The lowest BCUT2D eigenvalue weighted by molar-refractivity contribution is -0.134. The van der Waals surface area contributed by atoms with Crippen molar-refractivity contribution in [1.29, 1.82) is 0 Å². The van der Waals surface area contributed by atoms with E-state index in [4.69, 9.17) is 0 Å². The summed E-state index contributed by atoms with van der Waals surface area (Å²) in [7, 11) is 0. The number of aryl methyl sites for hydroxylation is 1. The smallest absolute Gasteiger partial charge is 0.226 e. The highest BCUT2D eigenvalue weighted by Crippen LogP contribution is 2.50. The van der Waals surface area contributed by atoms with Crippen molar-refractivity contribution in [2.24, 2.45) is 5.92 Å². The molecule has 3 atom stereocenters. The Balaban J connectivity index is 1.41.